The minimum Gasteiger partial charge on any atom is -0.393 e. The van der Waals surface area contributed by atoms with E-state index in [2.05, 4.69) is 10.3 Å². The van der Waals surface area contributed by atoms with Crippen molar-refractivity contribution in [2.75, 3.05) is 26.0 Å². The minimum atomic E-state index is -0.390. The van der Waals surface area contributed by atoms with Gasteiger partial charge in [0.15, 0.2) is 5.13 Å². The first kappa shape index (κ1) is 12.9. The molecule has 1 rings (SSSR count). The van der Waals surface area contributed by atoms with E-state index in [0.717, 1.165) is 5.13 Å². The number of thiazole rings is 1. The van der Waals surface area contributed by atoms with E-state index >= 15 is 0 Å². The van der Waals surface area contributed by atoms with Crippen molar-refractivity contribution in [2.24, 2.45) is 0 Å². The van der Waals surface area contributed by atoms with Crippen molar-refractivity contribution in [3.63, 3.8) is 0 Å². The summed E-state index contributed by atoms with van der Waals surface area (Å²) in [5.74, 6) is -0.113. The third-order valence-corrected chi connectivity index (χ3v) is 3.03. The molecule has 0 spiro atoms. The summed E-state index contributed by atoms with van der Waals surface area (Å²) in [5.41, 5.74) is 0.447. The summed E-state index contributed by atoms with van der Waals surface area (Å²) >= 11 is 1.40. The Balaban J connectivity index is 2.56. The summed E-state index contributed by atoms with van der Waals surface area (Å²) in [6, 6.07) is 0. The van der Waals surface area contributed by atoms with E-state index in [1.54, 1.807) is 31.3 Å². The van der Waals surface area contributed by atoms with Gasteiger partial charge in [0.05, 0.1) is 6.10 Å². The smallest absolute Gasteiger partial charge is 0.273 e. The maximum Gasteiger partial charge on any atom is 0.273 e. The van der Waals surface area contributed by atoms with Gasteiger partial charge in [0.25, 0.3) is 5.91 Å². The van der Waals surface area contributed by atoms with Crippen LogP contribution in [0.5, 0.6) is 0 Å². The highest BCUT2D eigenvalue weighted by Crippen LogP contribution is 2.15. The van der Waals surface area contributed by atoms with Crippen LogP contribution in [0.4, 0.5) is 5.13 Å². The monoisotopic (exact) mass is 243 g/mol. The van der Waals surface area contributed by atoms with E-state index in [-0.39, 0.29) is 5.91 Å². The highest BCUT2D eigenvalue weighted by atomic mass is 32.1. The van der Waals surface area contributed by atoms with Crippen molar-refractivity contribution < 1.29 is 9.90 Å². The summed E-state index contributed by atoms with van der Waals surface area (Å²) in [4.78, 5) is 17.5. The van der Waals surface area contributed by atoms with Crippen molar-refractivity contribution in [1.29, 1.82) is 0 Å². The van der Waals surface area contributed by atoms with Crippen molar-refractivity contribution in [3.05, 3.63) is 11.1 Å². The molecule has 1 unspecified atom stereocenters. The van der Waals surface area contributed by atoms with Crippen molar-refractivity contribution in [2.45, 2.75) is 19.4 Å². The van der Waals surface area contributed by atoms with Crippen LogP contribution >= 0.6 is 11.3 Å². The largest absolute Gasteiger partial charge is 0.393 e. The predicted molar refractivity (Wildman–Crippen MR) is 64.9 cm³/mol. The van der Waals surface area contributed by atoms with Crippen LogP contribution in [0, 0.1) is 0 Å². The molecule has 16 heavy (non-hydrogen) atoms. The number of anilines is 1. The summed E-state index contributed by atoms with van der Waals surface area (Å²) in [7, 11) is 3.48. The van der Waals surface area contributed by atoms with Gasteiger partial charge >= 0.3 is 0 Å². The van der Waals surface area contributed by atoms with Crippen LogP contribution in [0.1, 0.15) is 23.8 Å². The number of aliphatic hydroxyl groups is 1. The van der Waals surface area contributed by atoms with Gasteiger partial charge in [-0.3, -0.25) is 4.79 Å². The van der Waals surface area contributed by atoms with Gasteiger partial charge in [-0.15, -0.1) is 11.3 Å². The Kier molecular flexibility index (Phi) is 4.70. The number of aromatic nitrogens is 1. The molecule has 6 heteroatoms. The molecule has 1 heterocycles. The Morgan fingerprint density at radius 1 is 1.75 bits per heavy atom. The Morgan fingerprint density at radius 2 is 2.44 bits per heavy atom. The molecular formula is C10H17N3O2S. The molecule has 0 aromatic carbocycles. The molecule has 1 amide bonds. The van der Waals surface area contributed by atoms with Gasteiger partial charge in [-0.25, -0.2) is 4.98 Å². The lowest BCUT2D eigenvalue weighted by molar-refractivity contribution is 0.0764. The van der Waals surface area contributed by atoms with E-state index in [4.69, 9.17) is 5.11 Å². The van der Waals surface area contributed by atoms with Crippen LogP contribution in [0.15, 0.2) is 5.38 Å². The first-order valence-electron chi connectivity index (χ1n) is 5.11. The molecule has 90 valence electrons. The molecule has 0 aliphatic rings. The molecule has 0 saturated carbocycles. The first-order chi connectivity index (χ1) is 7.54. The maximum absolute atomic E-state index is 11.8. The molecule has 0 radical (unpaired) electrons. The number of amides is 1. The minimum absolute atomic E-state index is 0.113. The summed E-state index contributed by atoms with van der Waals surface area (Å²) in [5, 5.41) is 14.5. The van der Waals surface area contributed by atoms with Gasteiger partial charge in [0, 0.05) is 26.0 Å². The highest BCUT2D eigenvalue weighted by molar-refractivity contribution is 7.13. The molecule has 2 N–H and O–H groups in total. The molecule has 1 aromatic heterocycles. The average Bonchev–Trinajstić information content (AvgIpc) is 2.73. The standard InChI is InChI=1S/C10H17N3O2S/c1-7(14)4-5-13(3)9(15)8-6-16-10(11-2)12-8/h6-7,14H,4-5H2,1-3H3,(H,11,12). The molecule has 0 bridgehead atoms. The molecular weight excluding hydrogens is 226 g/mol. The van der Waals surface area contributed by atoms with Gasteiger partial charge in [-0.05, 0) is 13.3 Å². The van der Waals surface area contributed by atoms with E-state index in [9.17, 15) is 4.79 Å². The van der Waals surface area contributed by atoms with E-state index in [1.165, 1.54) is 11.3 Å². The zero-order valence-electron chi connectivity index (χ0n) is 9.73. The molecule has 1 aromatic rings. The second-order valence-electron chi connectivity index (χ2n) is 3.65. The Morgan fingerprint density at radius 3 is 2.94 bits per heavy atom. The molecule has 0 saturated heterocycles. The number of rotatable bonds is 5. The van der Waals surface area contributed by atoms with Crippen LogP contribution in [0.2, 0.25) is 0 Å². The number of hydrogen-bond donors (Lipinski definition) is 2. The second-order valence-corrected chi connectivity index (χ2v) is 4.51. The zero-order valence-corrected chi connectivity index (χ0v) is 10.5. The number of nitrogens with zero attached hydrogens (tertiary/aromatic N) is 2. The zero-order chi connectivity index (χ0) is 12.1. The third-order valence-electron chi connectivity index (χ3n) is 2.17. The number of carbonyl (C=O) groups excluding carboxylic acids is 1. The average molecular weight is 243 g/mol. The quantitative estimate of drug-likeness (QED) is 0.810. The first-order valence-corrected chi connectivity index (χ1v) is 5.99. The number of aliphatic hydroxyl groups excluding tert-OH is 1. The molecule has 5 nitrogen and oxygen atoms in total. The van der Waals surface area contributed by atoms with Crippen molar-refractivity contribution >= 4 is 22.4 Å². The van der Waals surface area contributed by atoms with Gasteiger partial charge < -0.3 is 15.3 Å². The fourth-order valence-electron chi connectivity index (χ4n) is 1.16. The van der Waals surface area contributed by atoms with Crippen LogP contribution in [0.3, 0.4) is 0 Å². The molecule has 0 aliphatic carbocycles. The third kappa shape index (κ3) is 3.46. The van der Waals surface area contributed by atoms with Crippen LogP contribution in [-0.2, 0) is 0 Å². The Bertz CT molecular complexity index is 352. The lowest BCUT2D eigenvalue weighted by atomic mass is 10.2. The van der Waals surface area contributed by atoms with E-state index in [0.29, 0.717) is 18.7 Å². The number of carbonyl (C=O) groups is 1. The highest BCUT2D eigenvalue weighted by Gasteiger charge is 2.15. The van der Waals surface area contributed by atoms with Crippen LogP contribution in [-0.4, -0.2) is 47.6 Å². The Labute approximate surface area is 99.1 Å². The van der Waals surface area contributed by atoms with Crippen molar-refractivity contribution in [1.82, 2.24) is 9.88 Å². The second kappa shape index (κ2) is 5.81. The normalized spacial score (nSPS) is 12.2. The number of hydrogen-bond acceptors (Lipinski definition) is 5. The van der Waals surface area contributed by atoms with Crippen LogP contribution < -0.4 is 5.32 Å². The Hall–Kier alpha value is -1.14. The topological polar surface area (TPSA) is 65.5 Å². The van der Waals surface area contributed by atoms with E-state index < -0.39 is 6.10 Å². The maximum atomic E-state index is 11.8. The summed E-state index contributed by atoms with van der Waals surface area (Å²) < 4.78 is 0. The lowest BCUT2D eigenvalue weighted by Crippen LogP contribution is -2.29. The number of nitrogens with one attached hydrogen (secondary N) is 1. The summed E-state index contributed by atoms with van der Waals surface area (Å²) in [6.07, 6.45) is 0.184. The molecule has 1 atom stereocenters. The van der Waals surface area contributed by atoms with Gasteiger partial charge in [0.1, 0.15) is 5.69 Å². The molecule has 0 aliphatic heterocycles. The lowest BCUT2D eigenvalue weighted by Gasteiger charge is -2.16. The fraction of sp³-hybridized carbons (Fsp3) is 0.600. The summed E-state index contributed by atoms with van der Waals surface area (Å²) in [6.45, 7) is 2.24. The van der Waals surface area contributed by atoms with Crippen molar-refractivity contribution in [3.8, 4) is 0 Å². The van der Waals surface area contributed by atoms with Gasteiger partial charge in [-0.2, -0.15) is 0 Å². The fourth-order valence-corrected chi connectivity index (χ4v) is 1.81. The van der Waals surface area contributed by atoms with Gasteiger partial charge in [0.2, 0.25) is 0 Å². The predicted octanol–water partition coefficient (Wildman–Crippen LogP) is 1.03. The van der Waals surface area contributed by atoms with Crippen LogP contribution in [0.25, 0.3) is 0 Å². The van der Waals surface area contributed by atoms with Gasteiger partial charge in [-0.1, -0.05) is 0 Å². The molecule has 0 fully saturated rings. The van der Waals surface area contributed by atoms with E-state index in [1.807, 2.05) is 0 Å². The SMILES string of the molecule is CNc1nc(C(=O)N(C)CCC(C)O)cs1.